The summed E-state index contributed by atoms with van der Waals surface area (Å²) in [4.78, 5) is 16.9. The van der Waals surface area contributed by atoms with Crippen molar-refractivity contribution in [3.05, 3.63) is 88.2 Å². The number of nitrogens with zero attached hydrogens (tertiary/aromatic N) is 1. The van der Waals surface area contributed by atoms with Gasteiger partial charge in [0.05, 0.1) is 22.3 Å². The largest absolute Gasteiger partial charge is 0.507 e. The highest BCUT2D eigenvalue weighted by Gasteiger charge is 2.19. The summed E-state index contributed by atoms with van der Waals surface area (Å²) in [5, 5.41) is 12.3. The number of hydrogen-bond donors (Lipinski definition) is 2. The van der Waals surface area contributed by atoms with E-state index in [9.17, 15) is 9.90 Å². The smallest absolute Gasteiger partial charge is 0.255 e. The number of benzene rings is 2. The third-order valence-corrected chi connectivity index (χ3v) is 5.92. The van der Waals surface area contributed by atoms with Crippen LogP contribution in [0.5, 0.6) is 11.5 Å². The number of ether oxygens (including phenoxy) is 1. The highest BCUT2D eigenvalue weighted by molar-refractivity contribution is 6.20. The van der Waals surface area contributed by atoms with Crippen LogP contribution in [-0.2, 0) is 6.61 Å². The second kappa shape index (κ2) is 11.0. The molecule has 1 atom stereocenters. The highest BCUT2D eigenvalue weighted by atomic mass is 35.5. The fourth-order valence-electron chi connectivity index (χ4n) is 3.58. The molecule has 0 saturated heterocycles. The van der Waals surface area contributed by atoms with E-state index in [1.54, 1.807) is 18.2 Å². The summed E-state index contributed by atoms with van der Waals surface area (Å²) in [5.41, 5.74) is 5.11. The number of aryl methyl sites for hydroxylation is 1. The first-order valence-corrected chi connectivity index (χ1v) is 11.2. The van der Waals surface area contributed by atoms with Crippen LogP contribution in [0, 0.1) is 20.8 Å². The number of phenols is 1. The second-order valence-corrected chi connectivity index (χ2v) is 8.35. The predicted molar refractivity (Wildman–Crippen MR) is 127 cm³/mol. The number of amides is 1. The third-order valence-electron chi connectivity index (χ3n) is 5.50. The maximum absolute atomic E-state index is 12.2. The third kappa shape index (κ3) is 5.80. The molecule has 2 aromatic carbocycles. The van der Waals surface area contributed by atoms with Crippen LogP contribution in [0.25, 0.3) is 0 Å². The summed E-state index contributed by atoms with van der Waals surface area (Å²) in [6, 6.07) is 16.5. The Kier molecular flexibility index (Phi) is 8.12. The van der Waals surface area contributed by atoms with Gasteiger partial charge >= 0.3 is 0 Å². The maximum atomic E-state index is 12.2. The minimum absolute atomic E-state index is 0.0273. The molecule has 1 unspecified atom stereocenters. The van der Waals surface area contributed by atoms with Crippen molar-refractivity contribution in [2.75, 3.05) is 6.54 Å². The molecule has 2 N–H and O–H groups in total. The van der Waals surface area contributed by atoms with Gasteiger partial charge in [0.1, 0.15) is 18.1 Å². The molecule has 0 aliphatic rings. The van der Waals surface area contributed by atoms with Crippen molar-refractivity contribution in [2.45, 2.75) is 45.6 Å². The molecule has 5 nitrogen and oxygen atoms in total. The molecule has 32 heavy (non-hydrogen) atoms. The molecule has 0 radical (unpaired) electrons. The van der Waals surface area contributed by atoms with Gasteiger partial charge in [-0.3, -0.25) is 9.78 Å². The van der Waals surface area contributed by atoms with E-state index in [1.165, 1.54) is 6.07 Å². The van der Waals surface area contributed by atoms with Crippen LogP contribution in [0.3, 0.4) is 0 Å². The highest BCUT2D eigenvalue weighted by Crippen LogP contribution is 2.34. The van der Waals surface area contributed by atoms with Crippen LogP contribution in [0.4, 0.5) is 0 Å². The molecule has 168 valence electrons. The van der Waals surface area contributed by atoms with E-state index in [-0.39, 0.29) is 22.6 Å². The molecule has 1 amide bonds. The molecule has 0 saturated carbocycles. The molecular formula is C26H29ClN2O3. The average molecular weight is 453 g/mol. The standard InChI is InChI=1S/C26H29ClN2O3/c1-17-18(2)25(32-16-20-10-5-4-6-11-20)19(3)29-24(17)22(27)13-9-15-28-26(31)21-12-7-8-14-23(21)30/h4-8,10-12,14,22,30H,9,13,15-16H2,1-3H3,(H,28,31). The number of carbonyl (C=O) groups excluding carboxylic acids is 1. The lowest BCUT2D eigenvalue weighted by molar-refractivity contribution is 0.0950. The summed E-state index contributed by atoms with van der Waals surface area (Å²) in [6.07, 6.45) is 1.36. The number of aromatic hydroxyl groups is 1. The fraction of sp³-hybridized carbons (Fsp3) is 0.308. The van der Waals surface area contributed by atoms with Crippen LogP contribution in [0.15, 0.2) is 54.6 Å². The second-order valence-electron chi connectivity index (χ2n) is 7.82. The van der Waals surface area contributed by atoms with Crippen LogP contribution in [0.1, 0.15) is 56.7 Å². The van der Waals surface area contributed by atoms with Crippen molar-refractivity contribution in [3.63, 3.8) is 0 Å². The van der Waals surface area contributed by atoms with Crippen molar-refractivity contribution < 1.29 is 14.6 Å². The molecule has 0 spiro atoms. The first-order valence-electron chi connectivity index (χ1n) is 10.7. The van der Waals surface area contributed by atoms with E-state index < -0.39 is 0 Å². The number of alkyl halides is 1. The number of para-hydroxylation sites is 1. The number of pyridine rings is 1. The molecule has 3 aromatic rings. The van der Waals surface area contributed by atoms with Gasteiger partial charge in [0, 0.05) is 6.54 Å². The van der Waals surface area contributed by atoms with Crippen molar-refractivity contribution in [3.8, 4) is 11.5 Å². The first kappa shape index (κ1) is 23.6. The van der Waals surface area contributed by atoms with Crippen molar-refractivity contribution in [1.82, 2.24) is 10.3 Å². The average Bonchev–Trinajstić information content (AvgIpc) is 2.79. The lowest BCUT2D eigenvalue weighted by atomic mass is 10.0. The van der Waals surface area contributed by atoms with E-state index in [2.05, 4.69) is 5.32 Å². The van der Waals surface area contributed by atoms with E-state index in [0.29, 0.717) is 26.0 Å². The zero-order chi connectivity index (χ0) is 23.1. The molecule has 0 fully saturated rings. The van der Waals surface area contributed by atoms with Crippen molar-refractivity contribution in [2.24, 2.45) is 0 Å². The fourth-order valence-corrected chi connectivity index (χ4v) is 3.94. The van der Waals surface area contributed by atoms with E-state index >= 15 is 0 Å². The Hall–Kier alpha value is -3.05. The summed E-state index contributed by atoms with van der Waals surface area (Å²) in [5.74, 6) is 0.476. The molecule has 0 aliphatic carbocycles. The molecular weight excluding hydrogens is 424 g/mol. The Balaban J connectivity index is 1.57. The molecule has 6 heteroatoms. The minimum Gasteiger partial charge on any atom is -0.507 e. The molecule has 1 heterocycles. The molecule has 1 aromatic heterocycles. The van der Waals surface area contributed by atoms with Gasteiger partial charge in [0.25, 0.3) is 5.91 Å². The summed E-state index contributed by atoms with van der Waals surface area (Å²) in [7, 11) is 0. The predicted octanol–water partition coefficient (Wildman–Crippen LogP) is 5.78. The summed E-state index contributed by atoms with van der Waals surface area (Å²) in [6.45, 7) is 6.94. The minimum atomic E-state index is -0.296. The first-order chi connectivity index (χ1) is 15.4. The Bertz CT molecular complexity index is 1070. The summed E-state index contributed by atoms with van der Waals surface area (Å²) >= 11 is 6.68. The number of rotatable bonds is 9. The summed E-state index contributed by atoms with van der Waals surface area (Å²) < 4.78 is 6.07. The van der Waals surface area contributed by atoms with Crippen LogP contribution >= 0.6 is 11.6 Å². The van der Waals surface area contributed by atoms with Crippen LogP contribution in [0.2, 0.25) is 0 Å². The van der Waals surface area contributed by atoms with Gasteiger partial charge in [0.15, 0.2) is 0 Å². The van der Waals surface area contributed by atoms with E-state index in [4.69, 9.17) is 21.3 Å². The molecule has 3 rings (SSSR count). The van der Waals surface area contributed by atoms with Gasteiger partial charge in [-0.1, -0.05) is 42.5 Å². The monoisotopic (exact) mass is 452 g/mol. The van der Waals surface area contributed by atoms with Gasteiger partial charge in [-0.05, 0) is 62.4 Å². The number of phenolic OH excluding ortho intramolecular Hbond substituents is 1. The van der Waals surface area contributed by atoms with Crippen molar-refractivity contribution >= 4 is 17.5 Å². The number of hydrogen-bond acceptors (Lipinski definition) is 4. The van der Waals surface area contributed by atoms with Crippen molar-refractivity contribution in [1.29, 1.82) is 0 Å². The Morgan fingerprint density at radius 3 is 2.47 bits per heavy atom. The number of carbonyl (C=O) groups is 1. The number of aromatic nitrogens is 1. The van der Waals surface area contributed by atoms with Gasteiger partial charge in [-0.15, -0.1) is 11.6 Å². The number of nitrogens with one attached hydrogen (secondary N) is 1. The zero-order valence-electron chi connectivity index (χ0n) is 18.7. The lowest BCUT2D eigenvalue weighted by Crippen LogP contribution is -2.24. The Morgan fingerprint density at radius 2 is 1.75 bits per heavy atom. The lowest BCUT2D eigenvalue weighted by Gasteiger charge is -2.19. The topological polar surface area (TPSA) is 71.5 Å². The quantitative estimate of drug-likeness (QED) is 0.319. The van der Waals surface area contributed by atoms with E-state index in [0.717, 1.165) is 33.8 Å². The van der Waals surface area contributed by atoms with Gasteiger partial charge in [-0.2, -0.15) is 0 Å². The Labute approximate surface area is 194 Å². The number of halogens is 1. The van der Waals surface area contributed by atoms with Gasteiger partial charge in [-0.25, -0.2) is 0 Å². The van der Waals surface area contributed by atoms with Crippen LogP contribution < -0.4 is 10.1 Å². The van der Waals surface area contributed by atoms with Gasteiger partial charge < -0.3 is 15.2 Å². The van der Waals surface area contributed by atoms with Crippen LogP contribution in [-0.4, -0.2) is 22.5 Å². The normalized spacial score (nSPS) is 11.8. The van der Waals surface area contributed by atoms with Gasteiger partial charge in [0.2, 0.25) is 0 Å². The molecule has 0 bridgehead atoms. The molecule has 0 aliphatic heterocycles. The maximum Gasteiger partial charge on any atom is 0.255 e. The van der Waals surface area contributed by atoms with E-state index in [1.807, 2.05) is 51.1 Å². The SMILES string of the molecule is Cc1nc(C(Cl)CCCNC(=O)c2ccccc2O)c(C)c(C)c1OCc1ccccc1. The zero-order valence-corrected chi connectivity index (χ0v) is 19.4. The Morgan fingerprint density at radius 1 is 1.06 bits per heavy atom.